The number of nitrogens with zero attached hydrogens (tertiary/aromatic N) is 1. The molecule has 2 aromatic rings. The molecule has 1 heterocycles. The molecule has 1 aliphatic heterocycles. The van der Waals surface area contributed by atoms with Crippen LogP contribution >= 0.6 is 23.5 Å². The van der Waals surface area contributed by atoms with Crippen LogP contribution in [0.3, 0.4) is 0 Å². The van der Waals surface area contributed by atoms with Crippen LogP contribution in [0.5, 0.6) is 0 Å². The summed E-state index contributed by atoms with van der Waals surface area (Å²) in [7, 11) is -3.47. The average molecular weight is 441 g/mol. The Balaban J connectivity index is 1.93. The van der Waals surface area contributed by atoms with Gasteiger partial charge in [0.2, 0.25) is 0 Å². The van der Waals surface area contributed by atoms with E-state index in [1.54, 1.807) is 12.1 Å². The molecule has 138 valence electrons. The van der Waals surface area contributed by atoms with Gasteiger partial charge in [0.05, 0.1) is 17.6 Å². The Morgan fingerprint density at radius 2 is 1.88 bits per heavy atom. The molecule has 0 amide bonds. The Hall–Kier alpha value is -1.73. The van der Waals surface area contributed by atoms with Crippen molar-refractivity contribution in [1.82, 2.24) is 0 Å². The van der Waals surface area contributed by atoms with E-state index in [2.05, 4.69) is 21.2 Å². The summed E-state index contributed by atoms with van der Waals surface area (Å²) < 4.78 is 25.6. The van der Waals surface area contributed by atoms with Gasteiger partial charge in [-0.15, -0.1) is 0 Å². The second-order valence-electron chi connectivity index (χ2n) is 5.98. The predicted octanol–water partition coefficient (Wildman–Crippen LogP) is 5.49. The van der Waals surface area contributed by atoms with Gasteiger partial charge < -0.3 is 14.4 Å². The minimum absolute atomic E-state index is 0.0128. The molecular weight excluding hydrogens is 423 g/mol. The first-order valence-electron chi connectivity index (χ1n) is 8.06. The quantitative estimate of drug-likeness (QED) is 0.375. The van der Waals surface area contributed by atoms with Gasteiger partial charge >= 0.3 is 7.60 Å². The lowest BCUT2D eigenvalue weighted by Gasteiger charge is -2.34. The fraction of sp³-hybridized carbons (Fsp3) is 0.294. The molecule has 2 aromatic carbocycles. The molecule has 1 saturated heterocycles. The van der Waals surface area contributed by atoms with E-state index in [1.165, 1.54) is 12.1 Å². The molecule has 0 bridgehead atoms. The number of nitro groups is 1. The molecule has 7 nitrogen and oxygen atoms in total. The molecule has 0 unspecified atom stereocenters. The van der Waals surface area contributed by atoms with Crippen LogP contribution in [0, 0.1) is 10.1 Å². The highest BCUT2D eigenvalue weighted by atomic mass is 79.9. The van der Waals surface area contributed by atoms with Crippen LogP contribution in [0.25, 0.3) is 0 Å². The van der Waals surface area contributed by atoms with Gasteiger partial charge in [0, 0.05) is 22.3 Å². The summed E-state index contributed by atoms with van der Waals surface area (Å²) in [6.45, 7) is 2.22. The fourth-order valence-electron chi connectivity index (χ4n) is 2.64. The zero-order chi connectivity index (χ0) is 18.7. The number of hydrogen-bond donors (Lipinski definition) is 1. The van der Waals surface area contributed by atoms with E-state index in [0.29, 0.717) is 18.7 Å². The first kappa shape index (κ1) is 19.0. The van der Waals surface area contributed by atoms with E-state index in [9.17, 15) is 14.7 Å². The first-order chi connectivity index (χ1) is 12.4. The van der Waals surface area contributed by atoms with Gasteiger partial charge in [-0.3, -0.25) is 14.7 Å². The van der Waals surface area contributed by atoms with Crippen molar-refractivity contribution in [3.63, 3.8) is 0 Å². The van der Waals surface area contributed by atoms with Crippen molar-refractivity contribution in [2.45, 2.75) is 25.2 Å². The molecule has 0 aromatic heterocycles. The molecule has 0 spiro atoms. The zero-order valence-corrected chi connectivity index (χ0v) is 16.5. The van der Waals surface area contributed by atoms with Gasteiger partial charge in [0.1, 0.15) is 0 Å². The van der Waals surface area contributed by atoms with Crippen molar-refractivity contribution in [2.24, 2.45) is 0 Å². The fourth-order valence-corrected chi connectivity index (χ4v) is 5.05. The first-order valence-corrected chi connectivity index (χ1v) is 10.5. The SMILES string of the molecule is C[C@@H]1CCO[P@](=O)([C@@H](Nc2ccc([N+](=O)[O-])cc2)c2ccc(Br)cc2)O1. The third kappa shape index (κ3) is 4.32. The minimum Gasteiger partial charge on any atom is -0.368 e. The lowest BCUT2D eigenvalue weighted by molar-refractivity contribution is -0.384. The molecule has 0 aliphatic carbocycles. The highest BCUT2D eigenvalue weighted by molar-refractivity contribution is 9.10. The van der Waals surface area contributed by atoms with Crippen molar-refractivity contribution >= 4 is 34.9 Å². The number of halogens is 1. The Morgan fingerprint density at radius 3 is 2.46 bits per heavy atom. The van der Waals surface area contributed by atoms with Crippen LogP contribution in [0.15, 0.2) is 53.0 Å². The van der Waals surface area contributed by atoms with E-state index >= 15 is 0 Å². The van der Waals surface area contributed by atoms with Crippen molar-refractivity contribution in [2.75, 3.05) is 11.9 Å². The van der Waals surface area contributed by atoms with Gasteiger partial charge in [0.25, 0.3) is 5.69 Å². The van der Waals surface area contributed by atoms with Gasteiger partial charge in [-0.05, 0) is 43.2 Å². The molecule has 1 aliphatic rings. The lowest BCUT2D eigenvalue weighted by Crippen LogP contribution is -2.23. The topological polar surface area (TPSA) is 90.7 Å². The largest absolute Gasteiger partial charge is 0.368 e. The monoisotopic (exact) mass is 440 g/mol. The van der Waals surface area contributed by atoms with Crippen LogP contribution in [0.4, 0.5) is 11.4 Å². The van der Waals surface area contributed by atoms with Crippen LogP contribution in [0.1, 0.15) is 24.7 Å². The summed E-state index contributed by atoms with van der Waals surface area (Å²) in [6.07, 6.45) is 0.500. The molecule has 3 rings (SSSR count). The number of anilines is 1. The Labute approximate surface area is 159 Å². The molecule has 9 heteroatoms. The summed E-state index contributed by atoms with van der Waals surface area (Å²) in [5.74, 6) is -0.722. The maximum atomic E-state index is 13.4. The Morgan fingerprint density at radius 1 is 1.23 bits per heavy atom. The minimum atomic E-state index is -3.47. The standard InChI is InChI=1S/C17H18BrN2O5P/c1-12-10-11-24-26(23,25-12)17(13-2-4-14(18)5-3-13)19-15-6-8-16(9-7-15)20(21)22/h2-9,12,17,19H,10-11H2,1H3/t12-,17-,26-/m1/s1. The highest BCUT2D eigenvalue weighted by Crippen LogP contribution is 2.63. The molecule has 1 N–H and O–H groups in total. The van der Waals surface area contributed by atoms with Crippen molar-refractivity contribution in [3.05, 3.63) is 68.7 Å². The molecule has 26 heavy (non-hydrogen) atoms. The van der Waals surface area contributed by atoms with Crippen LogP contribution in [-0.4, -0.2) is 17.6 Å². The maximum absolute atomic E-state index is 13.4. The predicted molar refractivity (Wildman–Crippen MR) is 102 cm³/mol. The normalized spacial score (nSPS) is 24.0. The smallest absolute Gasteiger partial charge is 0.357 e. The van der Waals surface area contributed by atoms with Crippen molar-refractivity contribution in [3.8, 4) is 0 Å². The highest BCUT2D eigenvalue weighted by Gasteiger charge is 2.41. The van der Waals surface area contributed by atoms with E-state index in [4.69, 9.17) is 9.05 Å². The summed E-state index contributed by atoms with van der Waals surface area (Å²) in [6, 6.07) is 13.3. The van der Waals surface area contributed by atoms with Gasteiger partial charge in [0.15, 0.2) is 5.78 Å². The van der Waals surface area contributed by atoms with Crippen molar-refractivity contribution in [1.29, 1.82) is 0 Å². The van der Waals surface area contributed by atoms with Crippen LogP contribution in [0.2, 0.25) is 0 Å². The number of nitro benzene ring substituents is 1. The molecule has 0 saturated carbocycles. The van der Waals surface area contributed by atoms with Crippen LogP contribution < -0.4 is 5.32 Å². The number of non-ortho nitro benzene ring substituents is 1. The number of hydrogen-bond acceptors (Lipinski definition) is 6. The zero-order valence-electron chi connectivity index (χ0n) is 14.0. The van der Waals surface area contributed by atoms with E-state index in [0.717, 1.165) is 10.0 Å². The molecular formula is C17H18BrN2O5P. The van der Waals surface area contributed by atoms with E-state index < -0.39 is 18.3 Å². The average Bonchev–Trinajstić information content (AvgIpc) is 2.61. The maximum Gasteiger partial charge on any atom is 0.357 e. The summed E-state index contributed by atoms with van der Waals surface area (Å²) >= 11 is 3.39. The van der Waals surface area contributed by atoms with Crippen molar-refractivity contribution < 1.29 is 18.5 Å². The second kappa shape index (κ2) is 7.88. The van der Waals surface area contributed by atoms with Crippen LogP contribution in [-0.2, 0) is 13.6 Å². The van der Waals surface area contributed by atoms with Gasteiger partial charge in [-0.25, -0.2) is 0 Å². The Kier molecular flexibility index (Phi) is 5.77. The number of rotatable bonds is 5. The summed E-state index contributed by atoms with van der Waals surface area (Å²) in [5.41, 5.74) is 1.31. The third-order valence-corrected chi connectivity index (χ3v) is 6.79. The lowest BCUT2D eigenvalue weighted by atomic mass is 10.2. The summed E-state index contributed by atoms with van der Waals surface area (Å²) in [5, 5.41) is 14.0. The molecule has 0 radical (unpaired) electrons. The summed E-state index contributed by atoms with van der Waals surface area (Å²) in [4.78, 5) is 10.4. The van der Waals surface area contributed by atoms with Gasteiger partial charge in [-0.1, -0.05) is 28.1 Å². The Bertz CT molecular complexity index is 828. The molecule has 1 fully saturated rings. The number of benzene rings is 2. The van der Waals surface area contributed by atoms with Gasteiger partial charge in [-0.2, -0.15) is 0 Å². The second-order valence-corrected chi connectivity index (χ2v) is 8.96. The molecule has 3 atom stereocenters. The van der Waals surface area contributed by atoms with E-state index in [1.807, 2.05) is 31.2 Å². The number of nitrogens with one attached hydrogen (secondary N) is 1. The van der Waals surface area contributed by atoms with E-state index in [-0.39, 0.29) is 11.8 Å². The third-order valence-electron chi connectivity index (χ3n) is 4.01.